The van der Waals surface area contributed by atoms with Crippen molar-refractivity contribution in [2.45, 2.75) is 58.2 Å². The van der Waals surface area contributed by atoms with E-state index in [9.17, 15) is 9.90 Å². The molecule has 154 valence electrons. The van der Waals surface area contributed by atoms with Crippen LogP contribution in [-0.2, 0) is 10.3 Å². The zero-order valence-electron chi connectivity index (χ0n) is 17.1. The second kappa shape index (κ2) is 7.52. The van der Waals surface area contributed by atoms with Crippen molar-refractivity contribution in [3.05, 3.63) is 22.7 Å². The van der Waals surface area contributed by atoms with Gasteiger partial charge in [-0.05, 0) is 51.7 Å². The first-order chi connectivity index (χ1) is 13.0. The molecule has 0 saturated heterocycles. The van der Waals surface area contributed by atoms with E-state index >= 15 is 0 Å². The van der Waals surface area contributed by atoms with E-state index in [0.717, 1.165) is 19.3 Å². The zero-order valence-corrected chi connectivity index (χ0v) is 17.9. The lowest BCUT2D eigenvalue weighted by molar-refractivity contribution is -0.102. The number of aliphatic hydroxyl groups is 1. The van der Waals surface area contributed by atoms with Gasteiger partial charge in [0.2, 0.25) is 0 Å². The summed E-state index contributed by atoms with van der Waals surface area (Å²) in [4.78, 5) is 14.0. The number of ether oxygens (including phenoxy) is 1. The number of hydrogen-bond acceptors (Lipinski definition) is 5. The van der Waals surface area contributed by atoms with Crippen molar-refractivity contribution in [3.8, 4) is 0 Å². The van der Waals surface area contributed by atoms with Gasteiger partial charge in [0.05, 0.1) is 5.60 Å². The van der Waals surface area contributed by atoms with Crippen molar-refractivity contribution in [3.63, 3.8) is 0 Å². The predicted molar refractivity (Wildman–Crippen MR) is 108 cm³/mol. The maximum absolute atomic E-state index is 12.5. The molecule has 28 heavy (non-hydrogen) atoms. The number of aromatic nitrogens is 3. The molecule has 2 N–H and O–H groups in total. The summed E-state index contributed by atoms with van der Waals surface area (Å²) in [6.07, 6.45) is 2.26. The molecular weight excluding hydrogens is 380 g/mol. The second-order valence-electron chi connectivity index (χ2n) is 8.86. The minimum Gasteiger partial charge on any atom is -0.444 e. The lowest BCUT2D eigenvalue weighted by Crippen LogP contribution is -2.49. The summed E-state index contributed by atoms with van der Waals surface area (Å²) in [5.41, 5.74) is 0.160. The number of nitrogens with zero attached hydrogens (tertiary/aromatic N) is 3. The molecule has 8 heteroatoms. The smallest absolute Gasteiger partial charge is 0.410 e. The number of fused-ring (bicyclic) bond motifs is 1. The van der Waals surface area contributed by atoms with E-state index in [4.69, 9.17) is 16.3 Å². The molecule has 2 aromatic rings. The lowest BCUT2D eigenvalue weighted by atomic mass is 9.65. The minimum absolute atomic E-state index is 0.0170. The van der Waals surface area contributed by atoms with E-state index in [-0.39, 0.29) is 11.8 Å². The minimum atomic E-state index is -1.17. The standard InChI is InChI=1S/C20H29ClN4O3/c1-12-7-6-8-13(11-25(5)18(26)28-19(2,3)4)20(12,27)15-9-14(21)10-16-17(15)23-24-22-16/h9-10,12-13,27H,6-8,11H2,1-5H3,(H,22,23,24). The molecule has 3 rings (SSSR count). The molecule has 1 fully saturated rings. The number of aromatic amines is 1. The number of rotatable bonds is 3. The van der Waals surface area contributed by atoms with Gasteiger partial charge in [0.15, 0.2) is 0 Å². The molecule has 0 bridgehead atoms. The van der Waals surface area contributed by atoms with Crippen molar-refractivity contribution < 1.29 is 14.6 Å². The van der Waals surface area contributed by atoms with Gasteiger partial charge in [-0.2, -0.15) is 15.4 Å². The summed E-state index contributed by atoms with van der Waals surface area (Å²) >= 11 is 6.31. The SMILES string of the molecule is CC1CCCC(CN(C)C(=O)OC(C)(C)C)C1(O)c1cc(Cl)cc2n[nH]nc12. The molecular formula is C20H29ClN4O3. The summed E-state index contributed by atoms with van der Waals surface area (Å²) in [5.74, 6) is -0.191. The van der Waals surface area contributed by atoms with Crippen LogP contribution < -0.4 is 0 Å². The number of benzene rings is 1. The van der Waals surface area contributed by atoms with Gasteiger partial charge in [-0.15, -0.1) is 0 Å². The number of nitrogens with one attached hydrogen (secondary N) is 1. The molecule has 0 aliphatic heterocycles. The van der Waals surface area contributed by atoms with Gasteiger partial charge in [-0.3, -0.25) is 0 Å². The van der Waals surface area contributed by atoms with Gasteiger partial charge < -0.3 is 14.7 Å². The lowest BCUT2D eigenvalue weighted by Gasteiger charge is -2.46. The van der Waals surface area contributed by atoms with Crippen molar-refractivity contribution in [2.75, 3.05) is 13.6 Å². The quantitative estimate of drug-likeness (QED) is 0.797. The normalized spacial score (nSPS) is 25.7. The van der Waals surface area contributed by atoms with Crippen LogP contribution in [0.15, 0.2) is 12.1 Å². The van der Waals surface area contributed by atoms with Gasteiger partial charge in [0, 0.05) is 30.1 Å². The van der Waals surface area contributed by atoms with Crippen LogP contribution in [0.1, 0.15) is 52.5 Å². The third-order valence-electron chi connectivity index (χ3n) is 5.58. The monoisotopic (exact) mass is 408 g/mol. The average Bonchev–Trinajstić information content (AvgIpc) is 3.04. The van der Waals surface area contributed by atoms with E-state index in [1.54, 1.807) is 24.1 Å². The molecule has 1 heterocycles. The molecule has 7 nitrogen and oxygen atoms in total. The number of halogens is 1. The van der Waals surface area contributed by atoms with Crippen LogP contribution in [0.3, 0.4) is 0 Å². The summed E-state index contributed by atoms with van der Waals surface area (Å²) in [7, 11) is 1.71. The Morgan fingerprint density at radius 2 is 2.11 bits per heavy atom. The fraction of sp³-hybridized carbons (Fsp3) is 0.650. The highest BCUT2D eigenvalue weighted by molar-refractivity contribution is 6.31. The summed E-state index contributed by atoms with van der Waals surface area (Å²) < 4.78 is 5.48. The molecule has 0 spiro atoms. The van der Waals surface area contributed by atoms with Crippen LogP contribution in [0.2, 0.25) is 5.02 Å². The number of H-pyrrole nitrogens is 1. The summed E-state index contributed by atoms with van der Waals surface area (Å²) in [5, 5.41) is 23.5. The molecule has 0 radical (unpaired) electrons. The molecule has 1 aromatic carbocycles. The highest BCUT2D eigenvalue weighted by Crippen LogP contribution is 2.48. The Bertz CT molecular complexity index is 863. The molecule has 1 aliphatic rings. The maximum atomic E-state index is 12.5. The first-order valence-corrected chi connectivity index (χ1v) is 10.1. The van der Waals surface area contributed by atoms with Crippen LogP contribution in [0.5, 0.6) is 0 Å². The van der Waals surface area contributed by atoms with Gasteiger partial charge in [0.25, 0.3) is 0 Å². The van der Waals surface area contributed by atoms with E-state index in [2.05, 4.69) is 15.4 Å². The Morgan fingerprint density at radius 1 is 1.39 bits per heavy atom. The number of hydrogen-bond donors (Lipinski definition) is 2. The molecule has 1 saturated carbocycles. The highest BCUT2D eigenvalue weighted by Gasteiger charge is 2.47. The highest BCUT2D eigenvalue weighted by atomic mass is 35.5. The van der Waals surface area contributed by atoms with Crippen molar-refractivity contribution in [2.24, 2.45) is 11.8 Å². The Labute approximate surface area is 170 Å². The molecule has 1 aromatic heterocycles. The van der Waals surface area contributed by atoms with Crippen LogP contribution >= 0.6 is 11.6 Å². The molecule has 1 aliphatic carbocycles. The third kappa shape index (κ3) is 3.96. The van der Waals surface area contributed by atoms with E-state index in [0.29, 0.717) is 28.2 Å². The van der Waals surface area contributed by atoms with Crippen LogP contribution in [0, 0.1) is 11.8 Å². The Morgan fingerprint density at radius 3 is 2.79 bits per heavy atom. The van der Waals surface area contributed by atoms with Gasteiger partial charge in [0.1, 0.15) is 16.6 Å². The first kappa shape index (κ1) is 20.9. The van der Waals surface area contributed by atoms with Gasteiger partial charge in [-0.25, -0.2) is 4.79 Å². The third-order valence-corrected chi connectivity index (χ3v) is 5.80. The first-order valence-electron chi connectivity index (χ1n) is 9.69. The Hall–Kier alpha value is -1.86. The Balaban J connectivity index is 1.96. The summed E-state index contributed by atoms with van der Waals surface area (Å²) in [6.45, 7) is 7.93. The average molecular weight is 409 g/mol. The largest absolute Gasteiger partial charge is 0.444 e. The van der Waals surface area contributed by atoms with Crippen LogP contribution in [-0.4, -0.2) is 50.7 Å². The number of carbonyl (C=O) groups is 1. The molecule has 3 unspecified atom stereocenters. The number of amides is 1. The fourth-order valence-electron chi connectivity index (χ4n) is 4.20. The fourth-order valence-corrected chi connectivity index (χ4v) is 4.41. The number of carbonyl (C=O) groups excluding carboxylic acids is 1. The topological polar surface area (TPSA) is 91.3 Å². The van der Waals surface area contributed by atoms with Gasteiger partial charge >= 0.3 is 6.09 Å². The Kier molecular flexibility index (Phi) is 5.60. The van der Waals surface area contributed by atoms with Crippen LogP contribution in [0.4, 0.5) is 4.79 Å². The van der Waals surface area contributed by atoms with Crippen molar-refractivity contribution in [1.82, 2.24) is 20.3 Å². The summed E-state index contributed by atoms with van der Waals surface area (Å²) in [6, 6.07) is 3.50. The van der Waals surface area contributed by atoms with E-state index < -0.39 is 17.3 Å². The van der Waals surface area contributed by atoms with Crippen LogP contribution in [0.25, 0.3) is 11.0 Å². The van der Waals surface area contributed by atoms with Crippen molar-refractivity contribution in [1.29, 1.82) is 0 Å². The predicted octanol–water partition coefficient (Wildman–Crippen LogP) is 4.10. The van der Waals surface area contributed by atoms with Gasteiger partial charge in [-0.1, -0.05) is 24.9 Å². The zero-order chi connectivity index (χ0) is 20.7. The molecule has 1 amide bonds. The second-order valence-corrected chi connectivity index (χ2v) is 9.30. The molecule has 3 atom stereocenters. The van der Waals surface area contributed by atoms with Crippen molar-refractivity contribution >= 4 is 28.7 Å². The van der Waals surface area contributed by atoms with E-state index in [1.807, 2.05) is 27.7 Å². The maximum Gasteiger partial charge on any atom is 0.410 e. The van der Waals surface area contributed by atoms with E-state index in [1.165, 1.54) is 0 Å².